The molecule has 14 rings (SSSR count). The molecule has 0 saturated carbocycles. The Morgan fingerprint density at radius 1 is 0.421 bits per heavy atom. The van der Waals surface area contributed by atoms with E-state index in [0.717, 1.165) is 149 Å². The van der Waals surface area contributed by atoms with Gasteiger partial charge in [0.25, 0.3) is 0 Å². The van der Waals surface area contributed by atoms with Gasteiger partial charge in [0.15, 0.2) is 0 Å². The molecule has 0 aliphatic rings. The van der Waals surface area contributed by atoms with Gasteiger partial charge in [-0.2, -0.15) is 0 Å². The molecule has 3 aromatic carbocycles. The van der Waals surface area contributed by atoms with Crippen molar-refractivity contribution in [3.8, 4) is 34.0 Å². The lowest BCUT2D eigenvalue weighted by Crippen LogP contribution is -2.16. The molecule has 11 heterocycles. The number of aromatic nitrogens is 12. The third kappa shape index (κ3) is 14.5. The topological polar surface area (TPSA) is 194 Å². The summed E-state index contributed by atoms with van der Waals surface area (Å²) in [6.45, 7) is 22.1. The van der Waals surface area contributed by atoms with Crippen LogP contribution in [0.15, 0.2) is 203 Å². The SMILES string of the molecule is C.C=C(NCCCC)n1ccc2c(Cc3c[nH]c4ncc(-c5ccncc5)cc34)cccc21.C=C(NCCCC)n1ccc2c(Cc3c[nH]c4ncc(-c5cnc(OC)nc5)cc34)cccc21.C=C(NCCCC)n1ccc2c(Cc3c[nH]c4ncc(OC)cc34)cccc21. The van der Waals surface area contributed by atoms with Gasteiger partial charge in [0.1, 0.15) is 40.2 Å². The lowest BCUT2D eigenvalue weighted by atomic mass is 10.0. The molecular formula is C78H85N15O2. The predicted octanol–water partition coefficient (Wildman–Crippen LogP) is 17.0. The first-order valence-electron chi connectivity index (χ1n) is 32.4. The summed E-state index contributed by atoms with van der Waals surface area (Å²) in [5.74, 6) is 3.51. The maximum absolute atomic E-state index is 5.34. The number of nitrogens with zero attached hydrogens (tertiary/aromatic N) is 9. The van der Waals surface area contributed by atoms with Gasteiger partial charge >= 0.3 is 6.01 Å². The van der Waals surface area contributed by atoms with E-state index in [1.807, 2.05) is 55.4 Å². The minimum atomic E-state index is 0. The summed E-state index contributed by atoms with van der Waals surface area (Å²) in [6, 6.07) is 36.7. The number of pyridine rings is 4. The highest BCUT2D eigenvalue weighted by molar-refractivity contribution is 5.92. The van der Waals surface area contributed by atoms with E-state index in [1.165, 1.54) is 73.4 Å². The lowest BCUT2D eigenvalue weighted by Gasteiger charge is -2.12. The van der Waals surface area contributed by atoms with E-state index in [1.54, 1.807) is 32.8 Å². The van der Waals surface area contributed by atoms with Crippen LogP contribution in [0.25, 0.3) is 106 Å². The van der Waals surface area contributed by atoms with Gasteiger partial charge in [-0.25, -0.2) is 24.9 Å². The second-order valence-electron chi connectivity index (χ2n) is 23.5. The van der Waals surface area contributed by atoms with Crippen LogP contribution in [0.5, 0.6) is 11.8 Å². The third-order valence-corrected chi connectivity index (χ3v) is 17.3. The Labute approximate surface area is 555 Å². The summed E-state index contributed by atoms with van der Waals surface area (Å²) in [7, 11) is 3.22. The van der Waals surface area contributed by atoms with Crippen LogP contribution < -0.4 is 25.4 Å². The molecule has 0 fully saturated rings. The maximum Gasteiger partial charge on any atom is 0.316 e. The summed E-state index contributed by atoms with van der Waals surface area (Å²) in [4.78, 5) is 36.2. The van der Waals surface area contributed by atoms with Gasteiger partial charge in [-0.1, -0.05) is 104 Å². The first-order valence-corrected chi connectivity index (χ1v) is 32.4. The van der Waals surface area contributed by atoms with Gasteiger partial charge in [-0.05, 0) is 125 Å². The van der Waals surface area contributed by atoms with Gasteiger partial charge in [0, 0.05) is 162 Å². The molecule has 0 spiro atoms. The molecule has 17 nitrogen and oxygen atoms in total. The van der Waals surface area contributed by atoms with Gasteiger partial charge in [0.05, 0.1) is 37.0 Å². The molecule has 14 aromatic rings. The van der Waals surface area contributed by atoms with Crippen LogP contribution in [0, 0.1) is 0 Å². The Morgan fingerprint density at radius 3 is 1.19 bits per heavy atom. The molecule has 17 heteroatoms. The first-order chi connectivity index (χ1) is 46.1. The number of methoxy groups -OCH3 is 2. The predicted molar refractivity (Wildman–Crippen MR) is 391 cm³/mol. The highest BCUT2D eigenvalue weighted by Crippen LogP contribution is 2.33. The van der Waals surface area contributed by atoms with Crippen LogP contribution in [-0.4, -0.2) is 92.4 Å². The Bertz CT molecular complexity index is 4930. The van der Waals surface area contributed by atoms with Gasteiger partial charge in [-0.15, -0.1) is 0 Å². The smallest absolute Gasteiger partial charge is 0.316 e. The molecular weight excluding hydrogens is 1180 g/mol. The number of unbranched alkanes of at least 4 members (excludes halogenated alkanes) is 3. The molecule has 0 amide bonds. The number of fused-ring (bicyclic) bond motifs is 6. The minimum Gasteiger partial charge on any atom is -0.495 e. The Morgan fingerprint density at radius 2 is 0.800 bits per heavy atom. The Balaban J connectivity index is 0.000000145. The van der Waals surface area contributed by atoms with Crippen LogP contribution in [0.1, 0.15) is 100 Å². The molecule has 11 aromatic heterocycles. The normalized spacial score (nSPS) is 11.1. The summed E-state index contributed by atoms with van der Waals surface area (Å²) in [6.07, 6.45) is 34.4. The van der Waals surface area contributed by atoms with E-state index in [0.29, 0.717) is 6.01 Å². The van der Waals surface area contributed by atoms with Crippen molar-refractivity contribution in [2.24, 2.45) is 0 Å². The van der Waals surface area contributed by atoms with Crippen molar-refractivity contribution in [2.45, 2.75) is 86.0 Å². The zero-order valence-corrected chi connectivity index (χ0v) is 54.3. The minimum absolute atomic E-state index is 0. The number of ether oxygens (including phenoxy) is 2. The average molecular weight is 1260 g/mol. The zero-order chi connectivity index (χ0) is 64.9. The summed E-state index contributed by atoms with van der Waals surface area (Å²) < 4.78 is 16.8. The molecule has 0 aliphatic carbocycles. The summed E-state index contributed by atoms with van der Waals surface area (Å²) >= 11 is 0. The number of hydrogen-bond acceptors (Lipinski definition) is 11. The van der Waals surface area contributed by atoms with Crippen LogP contribution >= 0.6 is 0 Å². The number of rotatable bonds is 25. The first kappa shape index (κ1) is 65.3. The molecule has 0 aliphatic heterocycles. The zero-order valence-electron chi connectivity index (χ0n) is 54.3. The maximum atomic E-state index is 5.34. The van der Waals surface area contributed by atoms with E-state index < -0.39 is 0 Å². The standard InChI is InChI=1S/C27H28N6O.C27H27N5.C23H26N4O.CH4/c1-4-5-10-28-18(2)33-11-9-23-19(7-6-8-25(23)33)12-21-15-30-26-24(21)13-20(14-29-26)22-16-31-27(34-3)32-17-22;1-3-4-11-29-19(2)32-14-10-24-21(6-5-7-26(24)32)15-23-18-31-27-25(23)16-22(17-30-27)20-8-12-28-13-9-20;1-4-5-10-24-16(2)27-11-9-20-17(7-6-8-22(20)27)12-18-14-25-23-21(18)13-19(28-3)15-26-23;/h6-9,11,13-17,28H,2,4-5,10,12H2,1,3H3,(H,29,30);5-10,12-14,16-18,29H,2-4,11,15H2,1H3,(H,30,31);6-9,11,13-15,24H,2,4-5,10,12H2,1,3H3,(H,25,26);1H4. The highest BCUT2D eigenvalue weighted by atomic mass is 16.5. The van der Waals surface area contributed by atoms with Gasteiger partial charge in [0.2, 0.25) is 0 Å². The quantitative estimate of drug-likeness (QED) is 0.0298. The molecule has 0 bridgehead atoms. The fourth-order valence-corrected chi connectivity index (χ4v) is 12.1. The molecule has 0 atom stereocenters. The van der Waals surface area contributed by atoms with Crippen LogP contribution in [0.2, 0.25) is 0 Å². The lowest BCUT2D eigenvalue weighted by molar-refractivity contribution is 0.380. The molecule has 0 saturated heterocycles. The van der Waals surface area contributed by atoms with E-state index in [9.17, 15) is 0 Å². The Kier molecular flexibility index (Phi) is 21.0. The molecule has 0 unspecified atom stereocenters. The average Bonchev–Trinajstić information content (AvgIpc) is 1.69. The highest BCUT2D eigenvalue weighted by Gasteiger charge is 2.17. The van der Waals surface area contributed by atoms with Crippen molar-refractivity contribution in [2.75, 3.05) is 33.9 Å². The number of benzene rings is 3. The monoisotopic (exact) mass is 1260 g/mol. The largest absolute Gasteiger partial charge is 0.495 e. The van der Waals surface area contributed by atoms with Crippen molar-refractivity contribution < 1.29 is 9.47 Å². The van der Waals surface area contributed by atoms with E-state index in [2.05, 4.69) is 225 Å². The van der Waals surface area contributed by atoms with E-state index in [-0.39, 0.29) is 7.43 Å². The number of nitrogens with one attached hydrogen (secondary N) is 6. The number of H-pyrrole nitrogens is 3. The second-order valence-corrected chi connectivity index (χ2v) is 23.5. The van der Waals surface area contributed by atoms with Crippen LogP contribution in [-0.2, 0) is 19.3 Å². The van der Waals surface area contributed by atoms with Crippen molar-refractivity contribution in [3.63, 3.8) is 0 Å². The second kappa shape index (κ2) is 30.5. The molecule has 0 radical (unpaired) electrons. The fraction of sp³-hybridized carbons (Fsp3) is 0.231. The Hall–Kier alpha value is -11.2. The summed E-state index contributed by atoms with van der Waals surface area (Å²) in [5, 5.41) is 17.4. The summed E-state index contributed by atoms with van der Waals surface area (Å²) in [5.41, 5.74) is 17.7. The molecule has 484 valence electrons. The van der Waals surface area contributed by atoms with E-state index >= 15 is 0 Å². The number of hydrogen-bond donors (Lipinski definition) is 6. The van der Waals surface area contributed by atoms with E-state index in [4.69, 9.17) is 9.47 Å². The third-order valence-electron chi connectivity index (χ3n) is 17.3. The van der Waals surface area contributed by atoms with Crippen molar-refractivity contribution in [1.82, 2.24) is 74.5 Å². The van der Waals surface area contributed by atoms with Gasteiger partial charge in [-0.3, -0.25) is 4.98 Å². The number of aromatic amines is 3. The van der Waals surface area contributed by atoms with Crippen LogP contribution in [0.4, 0.5) is 0 Å². The van der Waals surface area contributed by atoms with Crippen molar-refractivity contribution in [1.29, 1.82) is 0 Å². The molecule has 95 heavy (non-hydrogen) atoms. The van der Waals surface area contributed by atoms with Crippen molar-refractivity contribution in [3.05, 3.63) is 237 Å². The fourth-order valence-electron chi connectivity index (χ4n) is 12.1. The van der Waals surface area contributed by atoms with Crippen LogP contribution in [0.3, 0.4) is 0 Å². The van der Waals surface area contributed by atoms with Gasteiger partial charge < -0.3 is 54.1 Å². The molecule has 6 N–H and O–H groups in total. The van der Waals surface area contributed by atoms with Crippen molar-refractivity contribution >= 4 is 83.3 Å².